The molecule has 154 valence electrons. The average Bonchev–Trinajstić information content (AvgIpc) is 2.72. The van der Waals surface area contributed by atoms with Gasteiger partial charge in [-0.1, -0.05) is 26.0 Å². The van der Waals surface area contributed by atoms with Crippen LogP contribution in [0.15, 0.2) is 48.5 Å². The molecular weight excluding hydrogens is 372 g/mol. The van der Waals surface area contributed by atoms with Crippen molar-refractivity contribution in [3.63, 3.8) is 0 Å². The van der Waals surface area contributed by atoms with Gasteiger partial charge in [-0.05, 0) is 48.7 Å². The fraction of sp³-hybridized carbons (Fsp3) is 0.318. The van der Waals surface area contributed by atoms with Crippen LogP contribution in [-0.2, 0) is 9.53 Å². The Bertz CT molecular complexity index is 847. The van der Waals surface area contributed by atoms with E-state index in [9.17, 15) is 14.4 Å². The highest BCUT2D eigenvalue weighted by Gasteiger charge is 2.16. The Labute approximate surface area is 170 Å². The zero-order valence-corrected chi connectivity index (χ0v) is 16.9. The molecule has 0 aromatic heterocycles. The third-order valence-corrected chi connectivity index (χ3v) is 4.13. The lowest BCUT2D eigenvalue weighted by molar-refractivity contribution is -0.124. The van der Waals surface area contributed by atoms with Gasteiger partial charge in [-0.15, -0.1) is 0 Å². The standard InChI is InChI=1S/C22H26N2O5/c1-15(2)12-13-23-20(25)14-29-22(27)18-6-4-5-7-19(18)24-21(26)16-8-10-17(28-3)11-9-16/h4-11,15H,12-14H2,1-3H3,(H,23,25)(H,24,26). The molecule has 0 aliphatic carbocycles. The fourth-order valence-corrected chi connectivity index (χ4v) is 2.47. The van der Waals surface area contributed by atoms with Gasteiger partial charge < -0.3 is 20.1 Å². The minimum Gasteiger partial charge on any atom is -0.497 e. The Morgan fingerprint density at radius 1 is 1.00 bits per heavy atom. The van der Waals surface area contributed by atoms with Crippen LogP contribution >= 0.6 is 0 Å². The van der Waals surface area contributed by atoms with Crippen LogP contribution in [0.1, 0.15) is 41.0 Å². The van der Waals surface area contributed by atoms with E-state index in [1.807, 2.05) is 0 Å². The van der Waals surface area contributed by atoms with Crippen molar-refractivity contribution in [3.8, 4) is 5.75 Å². The molecule has 0 bridgehead atoms. The summed E-state index contributed by atoms with van der Waals surface area (Å²) < 4.78 is 10.2. The molecule has 7 heteroatoms. The third-order valence-electron chi connectivity index (χ3n) is 4.13. The van der Waals surface area contributed by atoms with E-state index in [0.29, 0.717) is 29.5 Å². The number of amides is 2. The molecule has 7 nitrogen and oxygen atoms in total. The summed E-state index contributed by atoms with van der Waals surface area (Å²) >= 11 is 0. The molecule has 0 fully saturated rings. The van der Waals surface area contributed by atoms with Crippen LogP contribution < -0.4 is 15.4 Å². The Balaban J connectivity index is 1.97. The molecule has 0 aliphatic heterocycles. The summed E-state index contributed by atoms with van der Waals surface area (Å²) in [6.07, 6.45) is 0.847. The van der Waals surface area contributed by atoms with Crippen molar-refractivity contribution in [1.29, 1.82) is 0 Å². The summed E-state index contributed by atoms with van der Waals surface area (Å²) in [6.45, 7) is 4.27. The highest BCUT2D eigenvalue weighted by atomic mass is 16.5. The van der Waals surface area contributed by atoms with Crippen molar-refractivity contribution >= 4 is 23.5 Å². The summed E-state index contributed by atoms with van der Waals surface area (Å²) in [4.78, 5) is 36.6. The number of carbonyl (C=O) groups is 3. The highest BCUT2D eigenvalue weighted by Crippen LogP contribution is 2.18. The number of hydrogen-bond acceptors (Lipinski definition) is 5. The molecule has 2 rings (SSSR count). The average molecular weight is 398 g/mol. The van der Waals surface area contributed by atoms with Gasteiger partial charge in [0.25, 0.3) is 11.8 Å². The fourth-order valence-electron chi connectivity index (χ4n) is 2.47. The molecular formula is C22H26N2O5. The molecule has 2 amide bonds. The number of hydrogen-bond donors (Lipinski definition) is 2. The Kier molecular flexibility index (Phi) is 8.21. The van der Waals surface area contributed by atoms with Crippen molar-refractivity contribution in [2.24, 2.45) is 5.92 Å². The number of ether oxygens (including phenoxy) is 2. The zero-order valence-electron chi connectivity index (χ0n) is 16.9. The van der Waals surface area contributed by atoms with E-state index < -0.39 is 5.97 Å². The first-order valence-electron chi connectivity index (χ1n) is 9.39. The molecule has 2 N–H and O–H groups in total. The van der Waals surface area contributed by atoms with Crippen LogP contribution in [0.2, 0.25) is 0 Å². The smallest absolute Gasteiger partial charge is 0.340 e. The van der Waals surface area contributed by atoms with Gasteiger partial charge in [0.1, 0.15) is 5.75 Å². The predicted molar refractivity (Wildman–Crippen MR) is 110 cm³/mol. The van der Waals surface area contributed by atoms with E-state index in [1.165, 1.54) is 6.07 Å². The van der Waals surface area contributed by atoms with Crippen LogP contribution in [0.4, 0.5) is 5.69 Å². The maximum absolute atomic E-state index is 12.5. The van der Waals surface area contributed by atoms with Crippen molar-refractivity contribution in [1.82, 2.24) is 5.32 Å². The first-order valence-corrected chi connectivity index (χ1v) is 9.39. The first kappa shape index (κ1) is 21.9. The van der Waals surface area contributed by atoms with Gasteiger partial charge in [0.15, 0.2) is 6.61 Å². The number of para-hydroxylation sites is 1. The monoisotopic (exact) mass is 398 g/mol. The van der Waals surface area contributed by atoms with Gasteiger partial charge in [0, 0.05) is 12.1 Å². The van der Waals surface area contributed by atoms with Crippen molar-refractivity contribution < 1.29 is 23.9 Å². The lowest BCUT2D eigenvalue weighted by Crippen LogP contribution is -2.30. The van der Waals surface area contributed by atoms with E-state index in [2.05, 4.69) is 24.5 Å². The lowest BCUT2D eigenvalue weighted by Gasteiger charge is -2.12. The van der Waals surface area contributed by atoms with E-state index >= 15 is 0 Å². The van der Waals surface area contributed by atoms with Crippen molar-refractivity contribution in [2.45, 2.75) is 20.3 Å². The quantitative estimate of drug-likeness (QED) is 0.633. The second-order valence-electron chi connectivity index (χ2n) is 6.84. The van der Waals surface area contributed by atoms with E-state index in [1.54, 1.807) is 49.6 Å². The Morgan fingerprint density at radius 2 is 1.69 bits per heavy atom. The molecule has 2 aromatic rings. The summed E-state index contributed by atoms with van der Waals surface area (Å²) in [7, 11) is 1.54. The molecule has 0 unspecified atom stereocenters. The minimum absolute atomic E-state index is 0.171. The van der Waals surface area contributed by atoms with Crippen LogP contribution in [0, 0.1) is 5.92 Å². The molecule has 0 saturated carbocycles. The van der Waals surface area contributed by atoms with Crippen LogP contribution in [0.5, 0.6) is 5.75 Å². The van der Waals surface area contributed by atoms with Gasteiger partial charge in [-0.3, -0.25) is 9.59 Å². The largest absolute Gasteiger partial charge is 0.497 e. The molecule has 0 spiro atoms. The molecule has 2 aromatic carbocycles. The van der Waals surface area contributed by atoms with Crippen LogP contribution in [-0.4, -0.2) is 38.0 Å². The van der Waals surface area contributed by atoms with Gasteiger partial charge in [-0.25, -0.2) is 4.79 Å². The van der Waals surface area contributed by atoms with Gasteiger partial charge in [0.05, 0.1) is 18.4 Å². The second kappa shape index (κ2) is 10.8. The Morgan fingerprint density at radius 3 is 2.34 bits per heavy atom. The number of anilines is 1. The molecule has 0 radical (unpaired) electrons. The number of nitrogens with one attached hydrogen (secondary N) is 2. The molecule has 0 heterocycles. The summed E-state index contributed by atoms with van der Waals surface area (Å²) in [6, 6.07) is 13.1. The van der Waals surface area contributed by atoms with Crippen molar-refractivity contribution in [3.05, 3.63) is 59.7 Å². The van der Waals surface area contributed by atoms with Crippen LogP contribution in [0.3, 0.4) is 0 Å². The lowest BCUT2D eigenvalue weighted by atomic mass is 10.1. The number of benzene rings is 2. The molecule has 0 saturated heterocycles. The number of rotatable bonds is 9. The second-order valence-corrected chi connectivity index (χ2v) is 6.84. The topological polar surface area (TPSA) is 93.7 Å². The molecule has 0 aliphatic rings. The van der Waals surface area contributed by atoms with E-state index in [-0.39, 0.29) is 24.0 Å². The minimum atomic E-state index is -0.686. The molecule has 0 atom stereocenters. The SMILES string of the molecule is COc1ccc(C(=O)Nc2ccccc2C(=O)OCC(=O)NCCC(C)C)cc1. The molecule has 29 heavy (non-hydrogen) atoms. The number of methoxy groups -OCH3 is 1. The van der Waals surface area contributed by atoms with Gasteiger partial charge in [0.2, 0.25) is 0 Å². The highest BCUT2D eigenvalue weighted by molar-refractivity contribution is 6.08. The number of esters is 1. The van der Waals surface area contributed by atoms with Gasteiger partial charge >= 0.3 is 5.97 Å². The summed E-state index contributed by atoms with van der Waals surface area (Å²) in [5, 5.41) is 5.40. The van der Waals surface area contributed by atoms with Crippen molar-refractivity contribution in [2.75, 3.05) is 25.6 Å². The van der Waals surface area contributed by atoms with E-state index in [0.717, 1.165) is 6.42 Å². The first-order chi connectivity index (χ1) is 13.9. The van der Waals surface area contributed by atoms with Gasteiger partial charge in [-0.2, -0.15) is 0 Å². The summed E-state index contributed by atoms with van der Waals surface area (Å²) in [5.41, 5.74) is 0.890. The summed E-state index contributed by atoms with van der Waals surface area (Å²) in [5.74, 6) is -0.316. The van der Waals surface area contributed by atoms with Crippen LogP contribution in [0.25, 0.3) is 0 Å². The van der Waals surface area contributed by atoms with E-state index in [4.69, 9.17) is 9.47 Å². The normalized spacial score (nSPS) is 10.3. The predicted octanol–water partition coefficient (Wildman–Crippen LogP) is 3.27. The number of carbonyl (C=O) groups excluding carboxylic acids is 3. The third kappa shape index (κ3) is 6.95. The maximum atomic E-state index is 12.5. The Hall–Kier alpha value is -3.35. The maximum Gasteiger partial charge on any atom is 0.340 e. The zero-order chi connectivity index (χ0) is 21.2.